The highest BCUT2D eigenvalue weighted by atomic mass is 32.1. The maximum atomic E-state index is 11.2. The molecule has 2 aromatic carbocycles. The number of anilines is 3. The third-order valence-corrected chi connectivity index (χ3v) is 5.67. The summed E-state index contributed by atoms with van der Waals surface area (Å²) in [4.78, 5) is 20.4. The second kappa shape index (κ2) is 5.82. The van der Waals surface area contributed by atoms with Crippen LogP contribution in [-0.2, 0) is 4.79 Å². The second-order valence-electron chi connectivity index (χ2n) is 5.70. The second-order valence-corrected chi connectivity index (χ2v) is 7.76. The number of amides is 1. The number of benzene rings is 2. The molecule has 7 nitrogen and oxygen atoms in total. The van der Waals surface area contributed by atoms with E-state index < -0.39 is 0 Å². The van der Waals surface area contributed by atoms with Gasteiger partial charge in [0.05, 0.1) is 20.4 Å². The molecule has 0 saturated heterocycles. The van der Waals surface area contributed by atoms with Crippen molar-refractivity contribution in [1.29, 1.82) is 0 Å². The molecule has 0 aliphatic carbocycles. The van der Waals surface area contributed by atoms with Gasteiger partial charge in [-0.25, -0.2) is 9.97 Å². The number of fused-ring (bicyclic) bond motifs is 3. The van der Waals surface area contributed by atoms with Crippen LogP contribution >= 0.6 is 22.7 Å². The SMILES string of the molecule is CC(=O)Nc1ccc2nc(Nc3nc4cc5c(cc4s3)OCO5)sc2c1. The van der Waals surface area contributed by atoms with E-state index in [1.54, 1.807) is 0 Å². The first kappa shape index (κ1) is 15.4. The van der Waals surface area contributed by atoms with Gasteiger partial charge in [0.25, 0.3) is 0 Å². The Kier molecular flexibility index (Phi) is 3.44. The van der Waals surface area contributed by atoms with Gasteiger partial charge in [0.15, 0.2) is 21.8 Å². The molecular weight excluding hydrogens is 372 g/mol. The molecule has 2 N–H and O–H groups in total. The number of nitrogens with zero attached hydrogens (tertiary/aromatic N) is 2. The molecule has 4 aromatic rings. The van der Waals surface area contributed by atoms with E-state index in [1.165, 1.54) is 29.6 Å². The van der Waals surface area contributed by atoms with Gasteiger partial charge in [-0.1, -0.05) is 22.7 Å². The van der Waals surface area contributed by atoms with Gasteiger partial charge in [-0.15, -0.1) is 0 Å². The minimum absolute atomic E-state index is 0.0958. The van der Waals surface area contributed by atoms with E-state index in [0.29, 0.717) is 0 Å². The predicted octanol–water partition coefficient (Wildman–Crippen LogP) is 4.34. The highest BCUT2D eigenvalue weighted by Gasteiger charge is 2.17. The number of aromatic nitrogens is 2. The van der Waals surface area contributed by atoms with Crippen LogP contribution in [0, 0.1) is 0 Å². The quantitative estimate of drug-likeness (QED) is 0.547. The van der Waals surface area contributed by atoms with Gasteiger partial charge in [-0.05, 0) is 18.2 Å². The molecule has 0 radical (unpaired) electrons. The van der Waals surface area contributed by atoms with Crippen molar-refractivity contribution in [3.8, 4) is 11.5 Å². The van der Waals surface area contributed by atoms with Crippen LogP contribution in [0.2, 0.25) is 0 Å². The molecule has 0 spiro atoms. The molecule has 1 amide bonds. The minimum atomic E-state index is -0.0958. The Morgan fingerprint density at radius 1 is 1.00 bits per heavy atom. The molecule has 26 heavy (non-hydrogen) atoms. The first-order chi connectivity index (χ1) is 12.6. The highest BCUT2D eigenvalue weighted by molar-refractivity contribution is 7.24. The number of thiazole rings is 2. The number of carbonyl (C=O) groups excluding carboxylic acids is 1. The zero-order chi connectivity index (χ0) is 17.7. The lowest BCUT2D eigenvalue weighted by Gasteiger charge is -1.99. The van der Waals surface area contributed by atoms with Crippen molar-refractivity contribution < 1.29 is 14.3 Å². The van der Waals surface area contributed by atoms with Crippen molar-refractivity contribution in [1.82, 2.24) is 9.97 Å². The summed E-state index contributed by atoms with van der Waals surface area (Å²) in [7, 11) is 0. The van der Waals surface area contributed by atoms with Crippen LogP contribution in [0.15, 0.2) is 30.3 Å². The monoisotopic (exact) mass is 384 g/mol. The lowest BCUT2D eigenvalue weighted by atomic mass is 10.3. The van der Waals surface area contributed by atoms with E-state index in [9.17, 15) is 4.79 Å². The van der Waals surface area contributed by atoms with Crippen LogP contribution in [0.4, 0.5) is 16.0 Å². The Labute approximate surface area is 155 Å². The minimum Gasteiger partial charge on any atom is -0.454 e. The average molecular weight is 384 g/mol. The zero-order valence-electron chi connectivity index (χ0n) is 13.5. The van der Waals surface area contributed by atoms with Gasteiger partial charge in [0.2, 0.25) is 12.7 Å². The first-order valence-corrected chi connectivity index (χ1v) is 9.43. The van der Waals surface area contributed by atoms with Gasteiger partial charge >= 0.3 is 0 Å². The molecule has 0 fully saturated rings. The number of nitrogens with one attached hydrogen (secondary N) is 2. The number of ether oxygens (including phenoxy) is 2. The summed E-state index contributed by atoms with van der Waals surface area (Å²) >= 11 is 3.04. The topological polar surface area (TPSA) is 85.4 Å². The van der Waals surface area contributed by atoms with E-state index in [1.807, 2.05) is 30.3 Å². The van der Waals surface area contributed by atoms with Gasteiger partial charge in [0.1, 0.15) is 0 Å². The normalized spacial score (nSPS) is 12.7. The molecule has 2 aromatic heterocycles. The molecular formula is C17H12N4O3S2. The van der Waals surface area contributed by atoms with Crippen molar-refractivity contribution in [2.75, 3.05) is 17.4 Å². The third kappa shape index (κ3) is 2.71. The first-order valence-electron chi connectivity index (χ1n) is 7.79. The molecule has 0 bridgehead atoms. The Bertz CT molecular complexity index is 1130. The fraction of sp³-hybridized carbons (Fsp3) is 0.118. The van der Waals surface area contributed by atoms with Crippen LogP contribution in [0.5, 0.6) is 11.5 Å². The molecule has 9 heteroatoms. The molecule has 0 unspecified atom stereocenters. The summed E-state index contributed by atoms with van der Waals surface area (Å²) in [6.45, 7) is 1.74. The van der Waals surface area contributed by atoms with Crippen LogP contribution < -0.4 is 20.1 Å². The van der Waals surface area contributed by atoms with Crippen molar-refractivity contribution in [3.63, 3.8) is 0 Å². The molecule has 1 aliphatic rings. The van der Waals surface area contributed by atoms with Crippen molar-refractivity contribution in [2.45, 2.75) is 6.92 Å². The van der Waals surface area contributed by atoms with E-state index in [4.69, 9.17) is 9.47 Å². The lowest BCUT2D eigenvalue weighted by Crippen LogP contribution is -2.05. The standard InChI is InChI=1S/C17H12N4O3S2/c1-8(22)18-9-2-3-10-14(4-9)25-16(19-10)21-17-20-11-5-12-13(24-7-23-12)6-15(11)26-17/h2-6H,7H2,1H3,(H,18,22)(H,19,20,21). The summed E-state index contributed by atoms with van der Waals surface area (Å²) in [6.07, 6.45) is 0. The smallest absolute Gasteiger partial charge is 0.231 e. The Morgan fingerprint density at radius 3 is 2.46 bits per heavy atom. The number of carbonyl (C=O) groups is 1. The van der Waals surface area contributed by atoms with Crippen LogP contribution in [-0.4, -0.2) is 22.7 Å². The van der Waals surface area contributed by atoms with Gasteiger partial charge in [0, 0.05) is 24.7 Å². The molecule has 1 aliphatic heterocycles. The van der Waals surface area contributed by atoms with Gasteiger partial charge < -0.3 is 20.1 Å². The molecule has 3 heterocycles. The van der Waals surface area contributed by atoms with Crippen LogP contribution in [0.25, 0.3) is 20.4 Å². The van der Waals surface area contributed by atoms with E-state index in [0.717, 1.165) is 47.9 Å². The van der Waals surface area contributed by atoms with Gasteiger partial charge in [-0.2, -0.15) is 0 Å². The fourth-order valence-corrected chi connectivity index (χ4v) is 4.57. The number of hydrogen-bond donors (Lipinski definition) is 2. The Hall–Kier alpha value is -2.91. The van der Waals surface area contributed by atoms with Crippen molar-refractivity contribution in [3.05, 3.63) is 30.3 Å². The van der Waals surface area contributed by atoms with E-state index in [2.05, 4.69) is 20.6 Å². The summed E-state index contributed by atoms with van der Waals surface area (Å²) in [6, 6.07) is 9.47. The molecule has 5 rings (SSSR count). The lowest BCUT2D eigenvalue weighted by molar-refractivity contribution is -0.114. The maximum Gasteiger partial charge on any atom is 0.231 e. The average Bonchev–Trinajstić information content (AvgIpc) is 3.28. The molecule has 0 atom stereocenters. The molecule has 130 valence electrons. The summed E-state index contributed by atoms with van der Waals surface area (Å²) in [5.74, 6) is 1.37. The maximum absolute atomic E-state index is 11.2. The summed E-state index contributed by atoms with van der Waals surface area (Å²) in [5, 5.41) is 7.55. The van der Waals surface area contributed by atoms with E-state index in [-0.39, 0.29) is 12.7 Å². The Balaban J connectivity index is 1.45. The predicted molar refractivity (Wildman–Crippen MR) is 103 cm³/mol. The van der Waals surface area contributed by atoms with Crippen LogP contribution in [0.3, 0.4) is 0 Å². The highest BCUT2D eigenvalue weighted by Crippen LogP contribution is 2.40. The fourth-order valence-electron chi connectivity index (χ4n) is 2.72. The largest absolute Gasteiger partial charge is 0.454 e. The number of hydrogen-bond acceptors (Lipinski definition) is 8. The van der Waals surface area contributed by atoms with Crippen LogP contribution in [0.1, 0.15) is 6.92 Å². The van der Waals surface area contributed by atoms with E-state index >= 15 is 0 Å². The molecule has 0 saturated carbocycles. The van der Waals surface area contributed by atoms with Crippen molar-refractivity contribution in [2.24, 2.45) is 0 Å². The Morgan fingerprint density at radius 2 is 1.69 bits per heavy atom. The third-order valence-electron chi connectivity index (χ3n) is 3.81. The van der Waals surface area contributed by atoms with Gasteiger partial charge in [-0.3, -0.25) is 4.79 Å². The summed E-state index contributed by atoms with van der Waals surface area (Å²) in [5.41, 5.74) is 2.49. The summed E-state index contributed by atoms with van der Waals surface area (Å²) < 4.78 is 12.8. The zero-order valence-corrected chi connectivity index (χ0v) is 15.2. The van der Waals surface area contributed by atoms with Crippen molar-refractivity contribution >= 4 is 65.0 Å². The number of rotatable bonds is 3.